The molecule has 0 saturated heterocycles. The van der Waals surface area contributed by atoms with Crippen molar-refractivity contribution in [3.8, 4) is 0 Å². The van der Waals surface area contributed by atoms with E-state index in [4.69, 9.17) is 0 Å². The number of rotatable bonds is 5. The summed E-state index contributed by atoms with van der Waals surface area (Å²) in [5.41, 5.74) is 2.51. The quantitative estimate of drug-likeness (QED) is 0.856. The lowest BCUT2D eigenvalue weighted by molar-refractivity contribution is 0.469. The Kier molecular flexibility index (Phi) is 4.33. The van der Waals surface area contributed by atoms with Gasteiger partial charge in [-0.3, -0.25) is 0 Å². The summed E-state index contributed by atoms with van der Waals surface area (Å²) in [6.45, 7) is 6.09. The van der Waals surface area contributed by atoms with Crippen molar-refractivity contribution in [3.05, 3.63) is 71.5 Å². The molecule has 0 aromatic heterocycles. The van der Waals surface area contributed by atoms with Gasteiger partial charge < -0.3 is 5.32 Å². The first kappa shape index (κ1) is 13.8. The summed E-state index contributed by atoms with van der Waals surface area (Å²) in [5, 5.41) is 3.44. The van der Waals surface area contributed by atoms with Crippen LogP contribution in [0, 0.1) is 5.82 Å². The number of halogens is 1. The van der Waals surface area contributed by atoms with Gasteiger partial charge in [0.25, 0.3) is 0 Å². The topological polar surface area (TPSA) is 12.0 Å². The van der Waals surface area contributed by atoms with E-state index in [0.29, 0.717) is 0 Å². The SMILES string of the molecule is CC(C)(CNCc1ccc(F)cc1)c1ccccc1. The Morgan fingerprint density at radius 3 is 2.21 bits per heavy atom. The van der Waals surface area contributed by atoms with Crippen molar-refractivity contribution >= 4 is 0 Å². The van der Waals surface area contributed by atoms with E-state index in [1.54, 1.807) is 0 Å². The van der Waals surface area contributed by atoms with Crippen LogP contribution in [0.5, 0.6) is 0 Å². The molecule has 0 fully saturated rings. The lowest BCUT2D eigenvalue weighted by Crippen LogP contribution is -2.32. The Morgan fingerprint density at radius 1 is 0.947 bits per heavy atom. The second kappa shape index (κ2) is 5.98. The minimum atomic E-state index is -0.187. The van der Waals surface area contributed by atoms with Crippen LogP contribution in [0.15, 0.2) is 54.6 Å². The molecule has 0 heterocycles. The van der Waals surface area contributed by atoms with Gasteiger partial charge in [0.1, 0.15) is 5.82 Å². The van der Waals surface area contributed by atoms with Gasteiger partial charge in [0.05, 0.1) is 0 Å². The smallest absolute Gasteiger partial charge is 0.123 e. The zero-order valence-corrected chi connectivity index (χ0v) is 11.5. The number of nitrogens with one attached hydrogen (secondary N) is 1. The van der Waals surface area contributed by atoms with Crippen molar-refractivity contribution < 1.29 is 4.39 Å². The first-order chi connectivity index (χ1) is 9.08. The molecule has 0 amide bonds. The van der Waals surface area contributed by atoms with Crippen molar-refractivity contribution in [2.75, 3.05) is 6.54 Å². The molecular formula is C17H20FN. The molecule has 0 aliphatic heterocycles. The predicted molar refractivity (Wildman–Crippen MR) is 77.6 cm³/mol. The van der Waals surface area contributed by atoms with Crippen LogP contribution in [0.4, 0.5) is 4.39 Å². The summed E-state index contributed by atoms with van der Waals surface area (Å²) >= 11 is 0. The van der Waals surface area contributed by atoms with Gasteiger partial charge in [-0.05, 0) is 23.3 Å². The molecular weight excluding hydrogens is 237 g/mol. The molecule has 0 radical (unpaired) electrons. The van der Waals surface area contributed by atoms with Crippen LogP contribution in [0.1, 0.15) is 25.0 Å². The second-order valence-electron chi connectivity index (χ2n) is 5.48. The summed E-state index contributed by atoms with van der Waals surface area (Å²) in [7, 11) is 0. The van der Waals surface area contributed by atoms with E-state index in [1.165, 1.54) is 17.7 Å². The number of hydrogen-bond donors (Lipinski definition) is 1. The molecule has 0 spiro atoms. The molecule has 2 aromatic carbocycles. The van der Waals surface area contributed by atoms with Crippen molar-refractivity contribution in [2.24, 2.45) is 0 Å². The van der Waals surface area contributed by atoms with E-state index in [0.717, 1.165) is 18.7 Å². The maximum Gasteiger partial charge on any atom is 0.123 e. The molecule has 1 N–H and O–H groups in total. The molecule has 0 saturated carbocycles. The van der Waals surface area contributed by atoms with Gasteiger partial charge in [-0.15, -0.1) is 0 Å². The fraction of sp³-hybridized carbons (Fsp3) is 0.294. The summed E-state index contributed by atoms with van der Waals surface area (Å²) < 4.78 is 12.8. The van der Waals surface area contributed by atoms with Crippen molar-refractivity contribution in [1.29, 1.82) is 0 Å². The van der Waals surface area contributed by atoms with Crippen LogP contribution >= 0.6 is 0 Å². The largest absolute Gasteiger partial charge is 0.312 e. The lowest BCUT2D eigenvalue weighted by atomic mass is 9.84. The number of benzene rings is 2. The third-order valence-electron chi connectivity index (χ3n) is 3.36. The third kappa shape index (κ3) is 3.90. The maximum atomic E-state index is 12.8. The molecule has 2 aromatic rings. The monoisotopic (exact) mass is 257 g/mol. The van der Waals surface area contributed by atoms with Crippen LogP contribution in [-0.2, 0) is 12.0 Å². The summed E-state index contributed by atoms with van der Waals surface area (Å²) in [5.74, 6) is -0.187. The van der Waals surface area contributed by atoms with E-state index in [2.05, 4.69) is 43.4 Å². The minimum absolute atomic E-state index is 0.0846. The van der Waals surface area contributed by atoms with Crippen LogP contribution in [0.25, 0.3) is 0 Å². The molecule has 0 unspecified atom stereocenters. The Balaban J connectivity index is 1.90. The van der Waals surface area contributed by atoms with Crippen molar-refractivity contribution in [2.45, 2.75) is 25.8 Å². The highest BCUT2D eigenvalue weighted by Crippen LogP contribution is 2.21. The maximum absolute atomic E-state index is 12.8. The van der Waals surface area contributed by atoms with Crippen LogP contribution in [0.3, 0.4) is 0 Å². The molecule has 2 rings (SSSR count). The molecule has 1 nitrogen and oxygen atoms in total. The van der Waals surface area contributed by atoms with Gasteiger partial charge >= 0.3 is 0 Å². The van der Waals surface area contributed by atoms with Crippen molar-refractivity contribution in [1.82, 2.24) is 5.32 Å². The Labute approximate surface area is 114 Å². The zero-order valence-electron chi connectivity index (χ0n) is 11.5. The van der Waals surface area contributed by atoms with Crippen LogP contribution < -0.4 is 5.32 Å². The van der Waals surface area contributed by atoms with Crippen LogP contribution in [0.2, 0.25) is 0 Å². The van der Waals surface area contributed by atoms with Gasteiger partial charge in [-0.1, -0.05) is 56.3 Å². The van der Waals surface area contributed by atoms with E-state index in [1.807, 2.05) is 18.2 Å². The van der Waals surface area contributed by atoms with Crippen LogP contribution in [-0.4, -0.2) is 6.54 Å². The fourth-order valence-corrected chi connectivity index (χ4v) is 2.11. The average Bonchev–Trinajstić information content (AvgIpc) is 2.42. The average molecular weight is 257 g/mol. The molecule has 0 aliphatic carbocycles. The van der Waals surface area contributed by atoms with Gasteiger partial charge in [-0.25, -0.2) is 4.39 Å². The van der Waals surface area contributed by atoms with E-state index < -0.39 is 0 Å². The minimum Gasteiger partial charge on any atom is -0.312 e. The Morgan fingerprint density at radius 2 is 1.58 bits per heavy atom. The molecule has 2 heteroatoms. The molecule has 0 bridgehead atoms. The van der Waals surface area contributed by atoms with Gasteiger partial charge in [0.15, 0.2) is 0 Å². The molecule has 0 aliphatic rings. The first-order valence-corrected chi connectivity index (χ1v) is 6.59. The first-order valence-electron chi connectivity index (χ1n) is 6.59. The number of hydrogen-bond acceptors (Lipinski definition) is 1. The standard InChI is InChI=1S/C17H20FN/c1-17(2,15-6-4-3-5-7-15)13-19-12-14-8-10-16(18)11-9-14/h3-11,19H,12-13H2,1-2H3. The third-order valence-corrected chi connectivity index (χ3v) is 3.36. The van der Waals surface area contributed by atoms with Gasteiger partial charge in [0, 0.05) is 18.5 Å². The summed E-state index contributed by atoms with van der Waals surface area (Å²) in [6.07, 6.45) is 0. The second-order valence-corrected chi connectivity index (χ2v) is 5.48. The molecule has 0 atom stereocenters. The van der Waals surface area contributed by atoms with E-state index in [9.17, 15) is 4.39 Å². The zero-order chi connectivity index (χ0) is 13.7. The molecule has 19 heavy (non-hydrogen) atoms. The van der Waals surface area contributed by atoms with E-state index in [-0.39, 0.29) is 11.2 Å². The van der Waals surface area contributed by atoms with Gasteiger partial charge in [-0.2, -0.15) is 0 Å². The summed E-state index contributed by atoms with van der Waals surface area (Å²) in [6, 6.07) is 17.1. The fourth-order valence-electron chi connectivity index (χ4n) is 2.11. The summed E-state index contributed by atoms with van der Waals surface area (Å²) in [4.78, 5) is 0. The molecule has 100 valence electrons. The predicted octanol–water partition coefficient (Wildman–Crippen LogP) is 3.89. The van der Waals surface area contributed by atoms with Crippen molar-refractivity contribution in [3.63, 3.8) is 0 Å². The Hall–Kier alpha value is -1.67. The van der Waals surface area contributed by atoms with Gasteiger partial charge in [0.2, 0.25) is 0 Å². The highest BCUT2D eigenvalue weighted by atomic mass is 19.1. The highest BCUT2D eigenvalue weighted by molar-refractivity contribution is 5.24. The van der Waals surface area contributed by atoms with E-state index >= 15 is 0 Å². The lowest BCUT2D eigenvalue weighted by Gasteiger charge is -2.25. The normalized spacial score (nSPS) is 11.5. The Bertz CT molecular complexity index is 503. The highest BCUT2D eigenvalue weighted by Gasteiger charge is 2.19.